The first-order chi connectivity index (χ1) is 8.33. The quantitative estimate of drug-likeness (QED) is 0.730. The first kappa shape index (κ1) is 10.0. The second-order valence-electron chi connectivity index (χ2n) is 4.01. The van der Waals surface area contributed by atoms with Gasteiger partial charge in [-0.15, -0.1) is 0 Å². The van der Waals surface area contributed by atoms with Crippen molar-refractivity contribution in [2.45, 2.75) is 0 Å². The Morgan fingerprint density at radius 1 is 0.824 bits per heavy atom. The second-order valence-corrected chi connectivity index (χ2v) is 4.01. The Morgan fingerprint density at radius 3 is 1.71 bits per heavy atom. The largest absolute Gasteiger partial charge is 0.325 e. The third kappa shape index (κ3) is 1.43. The summed E-state index contributed by atoms with van der Waals surface area (Å²) < 4.78 is 0. The number of hydrogen-bond acceptors (Lipinski definition) is 2. The van der Waals surface area contributed by atoms with Crippen molar-refractivity contribution < 1.29 is 0 Å². The molecule has 0 aliphatic carbocycles. The monoisotopic (exact) mass is 223 g/mol. The number of nitrogens with zero attached hydrogens (tertiary/aromatic N) is 2. The lowest BCUT2D eigenvalue weighted by molar-refractivity contribution is 1.29. The molecule has 3 nitrogen and oxygen atoms in total. The van der Waals surface area contributed by atoms with Gasteiger partial charge >= 0.3 is 0 Å². The van der Waals surface area contributed by atoms with Crippen molar-refractivity contribution in [2.75, 3.05) is 14.1 Å². The maximum atomic E-state index is 4.26. The summed E-state index contributed by atoms with van der Waals surface area (Å²) in [6.45, 7) is 0. The summed E-state index contributed by atoms with van der Waals surface area (Å²) in [4.78, 5) is 8.52. The third-order valence-electron chi connectivity index (χ3n) is 3.08. The van der Waals surface area contributed by atoms with Crippen LogP contribution in [0.4, 0.5) is 0 Å². The van der Waals surface area contributed by atoms with Crippen LogP contribution in [0.25, 0.3) is 10.8 Å². The van der Waals surface area contributed by atoms with Crippen LogP contribution in [-0.4, -0.2) is 25.8 Å². The normalized spacial score (nSPS) is 18.7. The van der Waals surface area contributed by atoms with Crippen molar-refractivity contribution in [2.24, 2.45) is 9.98 Å². The Kier molecular flexibility index (Phi) is 2.18. The van der Waals surface area contributed by atoms with Crippen molar-refractivity contribution in [1.82, 2.24) is 5.32 Å². The minimum Gasteiger partial charge on any atom is -0.325 e. The molecule has 2 aromatic rings. The van der Waals surface area contributed by atoms with E-state index in [1.165, 1.54) is 10.8 Å². The zero-order valence-corrected chi connectivity index (χ0v) is 9.86. The molecule has 0 radical (unpaired) electrons. The number of fused-ring (bicyclic) bond motifs is 2. The number of amidine groups is 2. The summed E-state index contributed by atoms with van der Waals surface area (Å²) in [6.07, 6.45) is 0. The molecule has 0 saturated heterocycles. The standard InChI is InChI=1S/C14H13N3/c1-15-13-11-7-9-5-3-4-6-10(9)8-12(11)14(16-2)17-13/h3-8H,1-2H3,(H,15,16,17). The number of aliphatic imine (C=N–C) groups is 2. The number of nitrogens with one attached hydrogen (secondary N) is 1. The van der Waals surface area contributed by atoms with Crippen LogP contribution in [0.3, 0.4) is 0 Å². The van der Waals surface area contributed by atoms with Crippen molar-refractivity contribution in [3.63, 3.8) is 0 Å². The highest BCUT2D eigenvalue weighted by molar-refractivity contribution is 6.26. The molecule has 0 spiro atoms. The third-order valence-corrected chi connectivity index (χ3v) is 3.08. The van der Waals surface area contributed by atoms with Gasteiger partial charge in [0.2, 0.25) is 0 Å². The first-order valence-electron chi connectivity index (χ1n) is 5.57. The Morgan fingerprint density at radius 2 is 1.29 bits per heavy atom. The molecule has 0 saturated carbocycles. The molecule has 0 unspecified atom stereocenters. The Hall–Kier alpha value is -2.16. The van der Waals surface area contributed by atoms with Crippen molar-refractivity contribution in [1.29, 1.82) is 0 Å². The first-order valence-corrected chi connectivity index (χ1v) is 5.57. The van der Waals surface area contributed by atoms with E-state index >= 15 is 0 Å². The van der Waals surface area contributed by atoms with Gasteiger partial charge in [-0.05, 0) is 22.9 Å². The van der Waals surface area contributed by atoms with E-state index < -0.39 is 0 Å². The van der Waals surface area contributed by atoms with E-state index in [1.54, 1.807) is 14.1 Å². The Balaban J connectivity index is 2.36. The van der Waals surface area contributed by atoms with Gasteiger partial charge in [-0.1, -0.05) is 24.3 Å². The van der Waals surface area contributed by atoms with E-state index in [0.29, 0.717) is 0 Å². The van der Waals surface area contributed by atoms with E-state index in [1.807, 2.05) is 0 Å². The van der Waals surface area contributed by atoms with Gasteiger partial charge in [0.25, 0.3) is 0 Å². The summed E-state index contributed by atoms with van der Waals surface area (Å²) in [5.41, 5.74) is 2.26. The molecule has 0 atom stereocenters. The molecule has 3 rings (SSSR count). The predicted molar refractivity (Wildman–Crippen MR) is 72.0 cm³/mol. The Bertz CT molecular complexity index is 597. The topological polar surface area (TPSA) is 36.8 Å². The fourth-order valence-electron chi connectivity index (χ4n) is 2.23. The van der Waals surface area contributed by atoms with Crippen LogP contribution in [0.1, 0.15) is 11.1 Å². The van der Waals surface area contributed by atoms with Crippen molar-refractivity contribution >= 4 is 22.4 Å². The molecule has 17 heavy (non-hydrogen) atoms. The van der Waals surface area contributed by atoms with Gasteiger partial charge in [0.05, 0.1) is 0 Å². The molecule has 0 fully saturated rings. The fraction of sp³-hybridized carbons (Fsp3) is 0.143. The maximum absolute atomic E-state index is 4.26. The summed E-state index contributed by atoms with van der Waals surface area (Å²) in [5.74, 6) is 1.79. The lowest BCUT2D eigenvalue weighted by Gasteiger charge is -2.01. The van der Waals surface area contributed by atoms with E-state index in [0.717, 1.165) is 22.8 Å². The molecule has 1 N–H and O–H groups in total. The Labute approximate surface area is 99.9 Å². The average molecular weight is 223 g/mol. The van der Waals surface area contributed by atoms with Gasteiger partial charge in [-0.25, -0.2) is 0 Å². The molecule has 84 valence electrons. The fourth-order valence-corrected chi connectivity index (χ4v) is 2.23. The summed E-state index contributed by atoms with van der Waals surface area (Å²) in [7, 11) is 3.58. The van der Waals surface area contributed by atoms with Gasteiger partial charge in [-0.2, -0.15) is 0 Å². The van der Waals surface area contributed by atoms with Crippen molar-refractivity contribution in [3.05, 3.63) is 47.5 Å². The minimum atomic E-state index is 0.895. The highest BCUT2D eigenvalue weighted by Crippen LogP contribution is 2.24. The minimum absolute atomic E-state index is 0.895. The molecule has 3 heteroatoms. The molecule has 1 aliphatic heterocycles. The van der Waals surface area contributed by atoms with Gasteiger partial charge in [0, 0.05) is 25.2 Å². The molecule has 1 heterocycles. The van der Waals surface area contributed by atoms with E-state index in [4.69, 9.17) is 0 Å². The zero-order chi connectivity index (χ0) is 11.8. The number of benzene rings is 2. The van der Waals surface area contributed by atoms with Crippen LogP contribution in [0.2, 0.25) is 0 Å². The average Bonchev–Trinajstić information content (AvgIpc) is 2.73. The van der Waals surface area contributed by atoms with E-state index in [9.17, 15) is 0 Å². The molecule has 0 aromatic heterocycles. The summed E-state index contributed by atoms with van der Waals surface area (Å²) in [6, 6.07) is 12.7. The lowest BCUT2D eigenvalue weighted by atomic mass is 10.0. The van der Waals surface area contributed by atoms with Crippen LogP contribution >= 0.6 is 0 Å². The van der Waals surface area contributed by atoms with Gasteiger partial charge < -0.3 is 5.32 Å². The van der Waals surface area contributed by atoms with Crippen molar-refractivity contribution in [3.8, 4) is 0 Å². The van der Waals surface area contributed by atoms with E-state index in [-0.39, 0.29) is 0 Å². The van der Waals surface area contributed by atoms with Gasteiger partial charge in [0.15, 0.2) is 0 Å². The van der Waals surface area contributed by atoms with Crippen LogP contribution in [0.15, 0.2) is 46.4 Å². The molecular weight excluding hydrogens is 210 g/mol. The van der Waals surface area contributed by atoms with Crippen LogP contribution in [0.5, 0.6) is 0 Å². The smallest absolute Gasteiger partial charge is 0.134 e. The lowest BCUT2D eigenvalue weighted by Crippen LogP contribution is -2.22. The van der Waals surface area contributed by atoms with Gasteiger partial charge in [0.1, 0.15) is 11.7 Å². The SMILES string of the molecule is CN=C1NC(=NC)c2cc3ccccc3cc21. The highest BCUT2D eigenvalue weighted by atomic mass is 15.1. The number of rotatable bonds is 0. The zero-order valence-electron chi connectivity index (χ0n) is 9.86. The summed E-state index contributed by atoms with van der Waals surface area (Å²) >= 11 is 0. The molecular formula is C14H13N3. The predicted octanol–water partition coefficient (Wildman–Crippen LogP) is 2.20. The molecule has 1 aliphatic rings. The van der Waals surface area contributed by atoms with Crippen LogP contribution < -0.4 is 5.32 Å². The van der Waals surface area contributed by atoms with E-state index in [2.05, 4.69) is 51.7 Å². The molecule has 0 bridgehead atoms. The molecule has 0 amide bonds. The number of hydrogen-bond donors (Lipinski definition) is 1. The van der Waals surface area contributed by atoms with Crippen LogP contribution in [0, 0.1) is 0 Å². The summed E-state index contributed by atoms with van der Waals surface area (Å²) in [5, 5.41) is 5.69. The van der Waals surface area contributed by atoms with Gasteiger partial charge in [-0.3, -0.25) is 9.98 Å². The molecule has 2 aromatic carbocycles. The second kappa shape index (κ2) is 3.70. The van der Waals surface area contributed by atoms with Crippen LogP contribution in [-0.2, 0) is 0 Å². The highest BCUT2D eigenvalue weighted by Gasteiger charge is 2.22. The maximum Gasteiger partial charge on any atom is 0.134 e.